The summed E-state index contributed by atoms with van der Waals surface area (Å²) < 4.78 is 5.27. The Bertz CT molecular complexity index is 813. The first-order valence-electron chi connectivity index (χ1n) is 8.54. The van der Waals surface area contributed by atoms with E-state index >= 15 is 0 Å². The van der Waals surface area contributed by atoms with E-state index in [0.717, 1.165) is 23.4 Å². The van der Waals surface area contributed by atoms with Crippen LogP contribution in [0.3, 0.4) is 0 Å². The Balaban J connectivity index is 1.97. The zero-order valence-corrected chi connectivity index (χ0v) is 15.7. The topological polar surface area (TPSA) is 58.6 Å². The van der Waals surface area contributed by atoms with Crippen molar-refractivity contribution in [1.82, 2.24) is 5.32 Å². The first-order valence-corrected chi connectivity index (χ1v) is 8.54. The number of hydrogen-bond acceptors (Lipinski definition) is 3. The van der Waals surface area contributed by atoms with E-state index in [1.807, 2.05) is 42.5 Å². The van der Waals surface area contributed by atoms with Gasteiger partial charge in [0.1, 0.15) is 11.2 Å². The van der Waals surface area contributed by atoms with E-state index in [9.17, 15) is 4.79 Å². The molecule has 0 radical (unpaired) electrons. The van der Waals surface area contributed by atoms with E-state index in [0.29, 0.717) is 0 Å². The molecule has 26 heavy (non-hydrogen) atoms. The number of ether oxygens (including phenoxy) is 1. The summed E-state index contributed by atoms with van der Waals surface area (Å²) in [6.45, 7) is 6.04. The number of aliphatic carboxylic acids is 1. The fourth-order valence-corrected chi connectivity index (χ4v) is 2.29. The summed E-state index contributed by atoms with van der Waals surface area (Å²) in [6, 6.07) is 16.0. The number of nitrogens with one attached hydrogen (secondary N) is 1. The molecular weight excluding hydrogens is 326 g/mol. The molecule has 0 heterocycles. The van der Waals surface area contributed by atoms with Crippen molar-refractivity contribution in [2.45, 2.75) is 33.4 Å². The minimum atomic E-state index is -1.05. The van der Waals surface area contributed by atoms with Crippen molar-refractivity contribution in [1.29, 1.82) is 0 Å². The van der Waals surface area contributed by atoms with Crippen LogP contribution in [0, 0.1) is 17.3 Å². The summed E-state index contributed by atoms with van der Waals surface area (Å²) in [5.74, 6) is 5.66. The normalized spacial score (nSPS) is 12.0. The molecule has 1 atom stereocenters. The monoisotopic (exact) mass is 351 g/mol. The van der Waals surface area contributed by atoms with Gasteiger partial charge in [-0.15, -0.1) is 0 Å². The highest BCUT2D eigenvalue weighted by Gasteiger charge is 2.23. The molecule has 0 saturated carbocycles. The zero-order chi connectivity index (χ0) is 19.2. The van der Waals surface area contributed by atoms with E-state index in [1.165, 1.54) is 5.56 Å². The Morgan fingerprint density at radius 2 is 1.92 bits per heavy atom. The number of benzene rings is 2. The van der Waals surface area contributed by atoms with Gasteiger partial charge in [0.25, 0.3) is 0 Å². The third kappa shape index (κ3) is 5.37. The van der Waals surface area contributed by atoms with Crippen molar-refractivity contribution in [2.75, 3.05) is 7.11 Å². The maximum Gasteiger partial charge on any atom is 0.321 e. The van der Waals surface area contributed by atoms with Gasteiger partial charge >= 0.3 is 5.97 Å². The van der Waals surface area contributed by atoms with E-state index in [2.05, 4.69) is 30.1 Å². The van der Waals surface area contributed by atoms with Gasteiger partial charge in [-0.2, -0.15) is 0 Å². The molecule has 2 aromatic rings. The number of methoxy groups -OCH3 is 1. The Morgan fingerprint density at radius 1 is 1.23 bits per heavy atom. The average molecular weight is 351 g/mol. The Kier molecular flexibility index (Phi) is 6.43. The number of carbonyl (C=O) groups is 1. The van der Waals surface area contributed by atoms with Gasteiger partial charge in [0.05, 0.1) is 7.11 Å². The lowest BCUT2D eigenvalue weighted by molar-refractivity contribution is -0.143. The summed E-state index contributed by atoms with van der Waals surface area (Å²) in [5, 5.41) is 12.6. The van der Waals surface area contributed by atoms with Crippen molar-refractivity contribution in [3.05, 3.63) is 65.2 Å². The lowest BCUT2D eigenvalue weighted by Gasteiger charge is -2.15. The molecule has 136 valence electrons. The largest absolute Gasteiger partial charge is 0.497 e. The number of carboxylic acid groups (broad SMARTS) is 1. The maximum absolute atomic E-state index is 11.1. The minimum Gasteiger partial charge on any atom is -0.497 e. The maximum atomic E-state index is 11.1. The highest BCUT2D eigenvalue weighted by molar-refractivity contribution is 5.77. The second kappa shape index (κ2) is 8.55. The van der Waals surface area contributed by atoms with E-state index in [-0.39, 0.29) is 6.04 Å². The molecule has 0 bridgehead atoms. The van der Waals surface area contributed by atoms with Gasteiger partial charge in [-0.3, -0.25) is 4.79 Å². The minimum absolute atomic E-state index is 0.195. The summed E-state index contributed by atoms with van der Waals surface area (Å²) in [6.07, 6.45) is 0. The number of carboxylic acids is 1. The molecule has 0 amide bonds. The van der Waals surface area contributed by atoms with E-state index < -0.39 is 11.4 Å². The summed E-state index contributed by atoms with van der Waals surface area (Å²) in [5.41, 5.74) is 2.07. The van der Waals surface area contributed by atoms with Gasteiger partial charge in [-0.05, 0) is 56.2 Å². The fraction of sp³-hybridized carbons (Fsp3) is 0.318. The molecule has 2 N–H and O–H groups in total. The lowest BCUT2D eigenvalue weighted by Crippen LogP contribution is -2.21. The van der Waals surface area contributed by atoms with Crippen molar-refractivity contribution in [3.8, 4) is 17.6 Å². The van der Waals surface area contributed by atoms with Gasteiger partial charge < -0.3 is 15.2 Å². The Morgan fingerprint density at radius 3 is 2.54 bits per heavy atom. The molecule has 0 aliphatic carbocycles. The molecule has 2 aromatic carbocycles. The third-order valence-electron chi connectivity index (χ3n) is 4.21. The number of hydrogen-bond donors (Lipinski definition) is 2. The Hall–Kier alpha value is -2.77. The van der Waals surface area contributed by atoms with Crippen LogP contribution in [0.15, 0.2) is 48.5 Å². The molecule has 0 aliphatic rings. The van der Waals surface area contributed by atoms with Gasteiger partial charge in [-0.25, -0.2) is 0 Å². The second-order valence-electron chi connectivity index (χ2n) is 6.76. The Labute approximate surface area is 155 Å². The molecule has 4 heteroatoms. The van der Waals surface area contributed by atoms with Crippen molar-refractivity contribution in [3.63, 3.8) is 0 Å². The molecular formula is C22H25NO3. The number of rotatable bonds is 6. The highest BCUT2D eigenvalue weighted by atomic mass is 16.5. The zero-order valence-electron chi connectivity index (χ0n) is 15.7. The fourth-order valence-electron chi connectivity index (χ4n) is 2.29. The van der Waals surface area contributed by atoms with Crippen LogP contribution in [0.4, 0.5) is 0 Å². The lowest BCUT2D eigenvalue weighted by atomic mass is 9.94. The molecule has 0 aromatic heterocycles. The third-order valence-corrected chi connectivity index (χ3v) is 4.21. The summed E-state index contributed by atoms with van der Waals surface area (Å²) in [7, 11) is 1.67. The highest BCUT2D eigenvalue weighted by Crippen LogP contribution is 2.19. The van der Waals surface area contributed by atoms with Gasteiger partial charge in [0.2, 0.25) is 0 Å². The van der Waals surface area contributed by atoms with Crippen molar-refractivity contribution in [2.24, 2.45) is 5.41 Å². The van der Waals surface area contributed by atoms with Crippen LogP contribution < -0.4 is 10.1 Å². The second-order valence-corrected chi connectivity index (χ2v) is 6.76. The molecule has 4 nitrogen and oxygen atoms in total. The summed E-state index contributed by atoms with van der Waals surface area (Å²) >= 11 is 0. The van der Waals surface area contributed by atoms with Crippen LogP contribution in [-0.4, -0.2) is 18.2 Å². The first-order chi connectivity index (χ1) is 12.3. The molecule has 0 aliphatic heterocycles. The first kappa shape index (κ1) is 19.6. The molecule has 0 saturated heterocycles. The summed E-state index contributed by atoms with van der Waals surface area (Å²) in [4.78, 5) is 11.1. The molecule has 0 spiro atoms. The standard InChI is InChI=1S/C22H25NO3/c1-16(19-6-5-7-20(14-19)26-4)23-15-18-10-8-17(9-11-18)12-13-22(2,3)21(24)25/h5-11,14,16,23H,15H2,1-4H3,(H,24,25). The molecule has 2 rings (SSSR count). The van der Waals surface area contributed by atoms with Crippen LogP contribution in [0.25, 0.3) is 0 Å². The SMILES string of the molecule is COc1cccc(C(C)NCc2ccc(C#CC(C)(C)C(=O)O)cc2)c1. The van der Waals surface area contributed by atoms with Crippen molar-refractivity contribution < 1.29 is 14.6 Å². The van der Waals surface area contributed by atoms with Gasteiger partial charge in [-0.1, -0.05) is 36.1 Å². The average Bonchev–Trinajstić information content (AvgIpc) is 2.65. The molecule has 0 fully saturated rings. The quantitative estimate of drug-likeness (QED) is 0.772. The van der Waals surface area contributed by atoms with Crippen LogP contribution in [-0.2, 0) is 11.3 Å². The predicted molar refractivity (Wildman–Crippen MR) is 103 cm³/mol. The van der Waals surface area contributed by atoms with Crippen LogP contribution in [0.2, 0.25) is 0 Å². The van der Waals surface area contributed by atoms with Crippen LogP contribution in [0.1, 0.15) is 43.5 Å². The molecule has 1 unspecified atom stereocenters. The van der Waals surface area contributed by atoms with E-state index in [4.69, 9.17) is 9.84 Å². The van der Waals surface area contributed by atoms with Gasteiger partial charge in [0.15, 0.2) is 0 Å². The van der Waals surface area contributed by atoms with Gasteiger partial charge in [0, 0.05) is 18.2 Å². The van der Waals surface area contributed by atoms with Crippen LogP contribution >= 0.6 is 0 Å². The predicted octanol–water partition coefficient (Wildman–Crippen LogP) is 4.01. The van der Waals surface area contributed by atoms with Crippen molar-refractivity contribution >= 4 is 5.97 Å². The van der Waals surface area contributed by atoms with E-state index in [1.54, 1.807) is 21.0 Å². The smallest absolute Gasteiger partial charge is 0.321 e. The van der Waals surface area contributed by atoms with Crippen LogP contribution in [0.5, 0.6) is 5.75 Å².